The minimum absolute atomic E-state index is 0.0286. The summed E-state index contributed by atoms with van der Waals surface area (Å²) < 4.78 is 5.69. The number of fused-ring (bicyclic) bond motifs is 1. The molecule has 0 aliphatic carbocycles. The van der Waals surface area contributed by atoms with Gasteiger partial charge in [0.25, 0.3) is 11.8 Å². The van der Waals surface area contributed by atoms with Crippen LogP contribution in [0.15, 0.2) is 24.3 Å². The molecule has 3 aliphatic heterocycles. The van der Waals surface area contributed by atoms with Crippen molar-refractivity contribution in [2.45, 2.75) is 31.7 Å². The predicted octanol–water partition coefficient (Wildman–Crippen LogP) is 1.51. The highest BCUT2D eigenvalue weighted by Gasteiger charge is 2.40. The van der Waals surface area contributed by atoms with Crippen molar-refractivity contribution in [3.05, 3.63) is 29.8 Å². The first-order valence-electron chi connectivity index (χ1n) is 9.75. The third kappa shape index (κ3) is 3.56. The maximum Gasteiger partial charge on any atom is 0.260 e. The van der Waals surface area contributed by atoms with Crippen LogP contribution in [0, 0.1) is 5.92 Å². The number of rotatable bonds is 4. The molecule has 6 nitrogen and oxygen atoms in total. The van der Waals surface area contributed by atoms with E-state index in [1.165, 1.54) is 6.42 Å². The van der Waals surface area contributed by atoms with Crippen LogP contribution in [0.4, 0.5) is 0 Å². The van der Waals surface area contributed by atoms with E-state index in [-0.39, 0.29) is 18.4 Å². The first-order chi connectivity index (χ1) is 12.7. The van der Waals surface area contributed by atoms with Gasteiger partial charge in [-0.05, 0) is 49.8 Å². The summed E-state index contributed by atoms with van der Waals surface area (Å²) in [5.41, 5.74) is 0.639. The molecule has 0 bridgehead atoms. The van der Waals surface area contributed by atoms with Gasteiger partial charge in [-0.3, -0.25) is 9.59 Å². The average Bonchev–Trinajstić information content (AvgIpc) is 3.30. The Bertz CT molecular complexity index is 672. The van der Waals surface area contributed by atoms with Crippen LogP contribution < -0.4 is 10.1 Å². The Labute approximate surface area is 154 Å². The van der Waals surface area contributed by atoms with Crippen molar-refractivity contribution in [3.8, 4) is 5.75 Å². The summed E-state index contributed by atoms with van der Waals surface area (Å²) in [6, 6.07) is 7.55. The normalized spacial score (nSPS) is 25.2. The molecule has 2 amide bonds. The largest absolute Gasteiger partial charge is 0.484 e. The number of nitrogens with zero attached hydrogens (tertiary/aromatic N) is 2. The summed E-state index contributed by atoms with van der Waals surface area (Å²) in [4.78, 5) is 29.0. The quantitative estimate of drug-likeness (QED) is 0.887. The van der Waals surface area contributed by atoms with Gasteiger partial charge in [-0.15, -0.1) is 0 Å². The lowest BCUT2D eigenvalue weighted by Gasteiger charge is -2.26. The Kier molecular flexibility index (Phi) is 5.11. The molecule has 0 aromatic heterocycles. The number of nitrogens with one attached hydrogen (secondary N) is 1. The summed E-state index contributed by atoms with van der Waals surface area (Å²) in [6.45, 7) is 4.41. The highest BCUT2D eigenvalue weighted by atomic mass is 16.5. The van der Waals surface area contributed by atoms with Gasteiger partial charge in [-0.25, -0.2) is 0 Å². The summed E-state index contributed by atoms with van der Waals surface area (Å²) in [5, 5.41) is 3.38. The lowest BCUT2D eigenvalue weighted by Crippen LogP contribution is -2.39. The summed E-state index contributed by atoms with van der Waals surface area (Å²) in [5.74, 6) is 1.26. The van der Waals surface area contributed by atoms with Crippen LogP contribution in [0.2, 0.25) is 0 Å². The van der Waals surface area contributed by atoms with E-state index < -0.39 is 0 Å². The molecule has 26 heavy (non-hydrogen) atoms. The van der Waals surface area contributed by atoms with Gasteiger partial charge in [-0.1, -0.05) is 6.07 Å². The van der Waals surface area contributed by atoms with E-state index >= 15 is 0 Å². The molecule has 1 aromatic rings. The van der Waals surface area contributed by atoms with Crippen LogP contribution in [-0.4, -0.2) is 67.0 Å². The number of hydrogen-bond donors (Lipinski definition) is 1. The van der Waals surface area contributed by atoms with E-state index in [0.29, 0.717) is 23.3 Å². The molecule has 6 heteroatoms. The van der Waals surface area contributed by atoms with Crippen molar-refractivity contribution >= 4 is 11.8 Å². The molecule has 3 saturated heterocycles. The Morgan fingerprint density at radius 1 is 1.12 bits per heavy atom. The Hall–Kier alpha value is -2.08. The van der Waals surface area contributed by atoms with Gasteiger partial charge in [0.2, 0.25) is 0 Å². The molecule has 1 aromatic carbocycles. The van der Waals surface area contributed by atoms with Gasteiger partial charge in [0.15, 0.2) is 6.61 Å². The van der Waals surface area contributed by atoms with Gasteiger partial charge in [0, 0.05) is 44.3 Å². The smallest absolute Gasteiger partial charge is 0.260 e. The summed E-state index contributed by atoms with van der Waals surface area (Å²) in [6.07, 6.45) is 4.41. The maximum atomic E-state index is 12.9. The first-order valence-corrected chi connectivity index (χ1v) is 9.75. The Morgan fingerprint density at radius 2 is 1.96 bits per heavy atom. The summed E-state index contributed by atoms with van der Waals surface area (Å²) in [7, 11) is 0. The molecule has 2 atom stereocenters. The number of carbonyl (C=O) groups excluding carboxylic acids is 2. The van der Waals surface area contributed by atoms with Crippen LogP contribution in [0.1, 0.15) is 36.0 Å². The summed E-state index contributed by atoms with van der Waals surface area (Å²) >= 11 is 0. The van der Waals surface area contributed by atoms with Crippen LogP contribution in [0.25, 0.3) is 0 Å². The van der Waals surface area contributed by atoms with Crippen LogP contribution in [-0.2, 0) is 4.79 Å². The third-order valence-electron chi connectivity index (χ3n) is 5.86. The zero-order chi connectivity index (χ0) is 17.9. The highest BCUT2D eigenvalue weighted by molar-refractivity contribution is 5.95. The monoisotopic (exact) mass is 357 g/mol. The second kappa shape index (κ2) is 7.66. The lowest BCUT2D eigenvalue weighted by molar-refractivity contribution is -0.134. The SMILES string of the molecule is O=C(COc1cccc(C(=O)N2CC[C@H]3CNC[C@H]32)c1)N1CCCCC1. The topological polar surface area (TPSA) is 61.9 Å². The van der Waals surface area contributed by atoms with E-state index in [9.17, 15) is 9.59 Å². The molecule has 0 unspecified atom stereocenters. The number of carbonyl (C=O) groups is 2. The Morgan fingerprint density at radius 3 is 2.81 bits per heavy atom. The van der Waals surface area contributed by atoms with Crippen LogP contribution in [0.3, 0.4) is 0 Å². The van der Waals surface area contributed by atoms with Gasteiger partial charge >= 0.3 is 0 Å². The van der Waals surface area contributed by atoms with Crippen molar-refractivity contribution in [1.82, 2.24) is 15.1 Å². The molecule has 0 saturated carbocycles. The van der Waals surface area contributed by atoms with Crippen molar-refractivity contribution in [3.63, 3.8) is 0 Å². The predicted molar refractivity (Wildman–Crippen MR) is 98.2 cm³/mol. The maximum absolute atomic E-state index is 12.9. The van der Waals surface area contributed by atoms with Crippen LogP contribution in [0.5, 0.6) is 5.75 Å². The molecule has 140 valence electrons. The van der Waals surface area contributed by atoms with E-state index in [1.54, 1.807) is 6.07 Å². The van der Waals surface area contributed by atoms with Crippen molar-refractivity contribution in [2.24, 2.45) is 5.92 Å². The molecule has 1 N–H and O–H groups in total. The zero-order valence-electron chi connectivity index (χ0n) is 15.2. The molecule has 3 heterocycles. The third-order valence-corrected chi connectivity index (χ3v) is 5.86. The van der Waals surface area contributed by atoms with Crippen molar-refractivity contribution < 1.29 is 14.3 Å². The minimum Gasteiger partial charge on any atom is -0.484 e. The van der Waals surface area contributed by atoms with Gasteiger partial charge < -0.3 is 19.9 Å². The van der Waals surface area contributed by atoms with Gasteiger partial charge in [0.1, 0.15) is 5.75 Å². The van der Waals surface area contributed by atoms with Crippen molar-refractivity contribution in [2.75, 3.05) is 39.3 Å². The fourth-order valence-corrected chi connectivity index (χ4v) is 4.37. The highest BCUT2D eigenvalue weighted by Crippen LogP contribution is 2.29. The van der Waals surface area contributed by atoms with E-state index in [2.05, 4.69) is 5.32 Å². The van der Waals surface area contributed by atoms with Crippen molar-refractivity contribution in [1.29, 1.82) is 0 Å². The number of hydrogen-bond acceptors (Lipinski definition) is 4. The van der Waals surface area contributed by atoms with E-state index in [0.717, 1.165) is 52.0 Å². The minimum atomic E-state index is 0.0286. The number of piperidine rings is 1. The van der Waals surface area contributed by atoms with E-state index in [4.69, 9.17) is 4.74 Å². The lowest BCUT2D eigenvalue weighted by atomic mass is 10.0. The van der Waals surface area contributed by atoms with E-state index in [1.807, 2.05) is 28.0 Å². The molecular formula is C20H27N3O3. The Balaban J connectivity index is 1.37. The van der Waals surface area contributed by atoms with Gasteiger partial charge in [0.05, 0.1) is 0 Å². The number of likely N-dealkylation sites (tertiary alicyclic amines) is 2. The molecular weight excluding hydrogens is 330 g/mol. The molecule has 4 rings (SSSR count). The number of amides is 2. The fourth-order valence-electron chi connectivity index (χ4n) is 4.37. The second-order valence-electron chi connectivity index (χ2n) is 7.53. The molecule has 0 radical (unpaired) electrons. The average molecular weight is 357 g/mol. The zero-order valence-corrected chi connectivity index (χ0v) is 15.2. The standard InChI is InChI=1S/C20H27N3O3/c24-19(22-8-2-1-3-9-22)14-26-17-6-4-5-15(11-17)20(25)23-10-7-16-12-21-13-18(16)23/h4-6,11,16,18,21H,1-3,7-10,12-14H2/t16-,18+/m0/s1. The number of benzene rings is 1. The molecule has 0 spiro atoms. The van der Waals surface area contributed by atoms with Crippen LogP contribution >= 0.6 is 0 Å². The number of ether oxygens (including phenoxy) is 1. The first kappa shape index (κ1) is 17.3. The fraction of sp³-hybridized carbons (Fsp3) is 0.600. The second-order valence-corrected chi connectivity index (χ2v) is 7.53. The molecule has 3 aliphatic rings. The molecule has 3 fully saturated rings. The van der Waals surface area contributed by atoms with Gasteiger partial charge in [-0.2, -0.15) is 0 Å².